The lowest BCUT2D eigenvalue weighted by Gasteiger charge is -2.17. The van der Waals surface area contributed by atoms with Crippen molar-refractivity contribution in [2.45, 2.75) is 13.3 Å². The van der Waals surface area contributed by atoms with Crippen LogP contribution in [0, 0.1) is 12.8 Å². The van der Waals surface area contributed by atoms with Gasteiger partial charge in [0.25, 0.3) is 5.91 Å². The molecule has 0 radical (unpaired) electrons. The Hall–Kier alpha value is -3.32. The molecule has 0 saturated carbocycles. The van der Waals surface area contributed by atoms with Crippen LogP contribution in [0.15, 0.2) is 55.1 Å². The topological polar surface area (TPSA) is 87.7 Å². The van der Waals surface area contributed by atoms with E-state index in [9.17, 15) is 14.4 Å². The molecule has 0 aliphatic carbocycles. The van der Waals surface area contributed by atoms with E-state index in [2.05, 4.69) is 17.2 Å². The van der Waals surface area contributed by atoms with Crippen molar-refractivity contribution >= 4 is 40.7 Å². The molecule has 2 aromatic carbocycles. The summed E-state index contributed by atoms with van der Waals surface area (Å²) < 4.78 is 5.52. The Morgan fingerprint density at radius 3 is 2.68 bits per heavy atom. The molecule has 1 fully saturated rings. The van der Waals surface area contributed by atoms with Crippen LogP contribution in [-0.4, -0.2) is 37.4 Å². The predicted octanol–water partition coefficient (Wildman–Crippen LogP) is 3.32. The first-order chi connectivity index (χ1) is 14.9. The highest BCUT2D eigenvalue weighted by molar-refractivity contribution is 6.31. The quantitative estimate of drug-likeness (QED) is 0.615. The molecule has 3 amide bonds. The first-order valence-corrected chi connectivity index (χ1v) is 10.2. The summed E-state index contributed by atoms with van der Waals surface area (Å²) in [5.74, 6) is -0.470. The number of hydrogen-bond donors (Lipinski definition) is 2. The number of nitrogens with one attached hydrogen (secondary N) is 2. The third-order valence-corrected chi connectivity index (χ3v) is 5.30. The molecule has 2 aromatic rings. The molecule has 0 spiro atoms. The van der Waals surface area contributed by atoms with Gasteiger partial charge in [-0.1, -0.05) is 23.7 Å². The molecular weight excluding hydrogens is 418 g/mol. The summed E-state index contributed by atoms with van der Waals surface area (Å²) in [4.78, 5) is 38.1. The number of nitrogens with zero attached hydrogens (tertiary/aromatic N) is 1. The van der Waals surface area contributed by atoms with E-state index in [1.165, 1.54) is 0 Å². The molecule has 1 heterocycles. The van der Waals surface area contributed by atoms with Gasteiger partial charge in [-0.15, -0.1) is 6.58 Å². The van der Waals surface area contributed by atoms with Crippen LogP contribution in [0.2, 0.25) is 5.02 Å². The molecular formula is C23H24ClN3O4. The number of ether oxygens (including phenoxy) is 1. The highest BCUT2D eigenvalue weighted by Gasteiger charge is 2.34. The molecule has 1 unspecified atom stereocenters. The van der Waals surface area contributed by atoms with Crippen LogP contribution in [-0.2, 0) is 14.4 Å². The molecule has 2 N–H and O–H groups in total. The van der Waals surface area contributed by atoms with Gasteiger partial charge >= 0.3 is 0 Å². The highest BCUT2D eigenvalue weighted by Crippen LogP contribution is 2.27. The van der Waals surface area contributed by atoms with E-state index >= 15 is 0 Å². The fraction of sp³-hybridized carbons (Fsp3) is 0.261. The van der Waals surface area contributed by atoms with E-state index in [-0.39, 0.29) is 36.7 Å². The second-order valence-electron chi connectivity index (χ2n) is 7.23. The van der Waals surface area contributed by atoms with Crippen LogP contribution in [0.1, 0.15) is 12.0 Å². The summed E-state index contributed by atoms with van der Waals surface area (Å²) in [5.41, 5.74) is 2.20. The lowest BCUT2D eigenvalue weighted by molar-refractivity contribution is -0.126. The summed E-state index contributed by atoms with van der Waals surface area (Å²) in [6, 6.07) is 12.1. The number of carbonyl (C=O) groups is 3. The van der Waals surface area contributed by atoms with Crippen molar-refractivity contribution in [2.24, 2.45) is 5.92 Å². The molecule has 162 valence electrons. The molecule has 1 aliphatic heterocycles. The average Bonchev–Trinajstić information content (AvgIpc) is 3.15. The number of carbonyl (C=O) groups excluding carboxylic acids is 3. The highest BCUT2D eigenvalue weighted by atomic mass is 35.5. The van der Waals surface area contributed by atoms with E-state index in [4.69, 9.17) is 16.3 Å². The van der Waals surface area contributed by atoms with Crippen LogP contribution in [0.5, 0.6) is 5.75 Å². The van der Waals surface area contributed by atoms with Crippen molar-refractivity contribution in [3.63, 3.8) is 0 Å². The number of rotatable bonds is 8. The number of hydrogen-bond acceptors (Lipinski definition) is 4. The zero-order valence-corrected chi connectivity index (χ0v) is 17.9. The smallest absolute Gasteiger partial charge is 0.262 e. The van der Waals surface area contributed by atoms with Crippen molar-refractivity contribution in [1.29, 1.82) is 0 Å². The van der Waals surface area contributed by atoms with Gasteiger partial charge in [0.05, 0.1) is 5.92 Å². The number of aryl methyl sites for hydroxylation is 1. The van der Waals surface area contributed by atoms with Gasteiger partial charge in [-0.3, -0.25) is 14.4 Å². The lowest BCUT2D eigenvalue weighted by Crippen LogP contribution is -2.32. The Labute approximate surface area is 186 Å². The molecule has 3 rings (SSSR count). The maximum Gasteiger partial charge on any atom is 0.262 e. The number of amides is 3. The third-order valence-electron chi connectivity index (χ3n) is 4.89. The zero-order chi connectivity index (χ0) is 22.4. The molecule has 8 heteroatoms. The van der Waals surface area contributed by atoms with Crippen molar-refractivity contribution in [2.75, 3.05) is 29.9 Å². The van der Waals surface area contributed by atoms with E-state index in [0.29, 0.717) is 35.2 Å². The molecule has 0 aromatic heterocycles. The van der Waals surface area contributed by atoms with Crippen LogP contribution < -0.4 is 20.3 Å². The third kappa shape index (κ3) is 5.86. The molecule has 7 nitrogen and oxygen atoms in total. The Kier molecular flexibility index (Phi) is 7.31. The fourth-order valence-electron chi connectivity index (χ4n) is 3.19. The SMILES string of the molecule is C=CCNC(=O)C1CC(=O)N(c2ccc(OCC(=O)Nc3ccc(C)c(Cl)c3)cc2)C1. The molecule has 1 aliphatic rings. The van der Waals surface area contributed by atoms with Gasteiger partial charge in [0, 0.05) is 35.9 Å². The summed E-state index contributed by atoms with van der Waals surface area (Å²) >= 11 is 6.06. The first kappa shape index (κ1) is 22.4. The van der Waals surface area contributed by atoms with E-state index in [1.54, 1.807) is 47.4 Å². The lowest BCUT2D eigenvalue weighted by atomic mass is 10.1. The Bertz CT molecular complexity index is 991. The van der Waals surface area contributed by atoms with Crippen LogP contribution >= 0.6 is 11.6 Å². The number of anilines is 2. The van der Waals surface area contributed by atoms with Gasteiger partial charge in [0.2, 0.25) is 11.8 Å². The van der Waals surface area contributed by atoms with E-state index < -0.39 is 0 Å². The Morgan fingerprint density at radius 1 is 1.26 bits per heavy atom. The summed E-state index contributed by atoms with van der Waals surface area (Å²) in [6.45, 7) is 5.98. The van der Waals surface area contributed by atoms with Gasteiger partial charge in [0.15, 0.2) is 6.61 Å². The summed E-state index contributed by atoms with van der Waals surface area (Å²) in [5, 5.41) is 6.03. The standard InChI is InChI=1S/C23H24ClN3O4/c1-3-10-25-23(30)16-11-22(29)27(13-16)18-6-8-19(9-7-18)31-14-21(28)26-17-5-4-15(2)20(24)12-17/h3-9,12,16H,1,10-11,13-14H2,2H3,(H,25,30)(H,26,28). The Balaban J connectivity index is 1.52. The molecule has 0 bridgehead atoms. The second kappa shape index (κ2) is 10.1. The van der Waals surface area contributed by atoms with Crippen molar-refractivity contribution < 1.29 is 19.1 Å². The van der Waals surface area contributed by atoms with Crippen LogP contribution in [0.4, 0.5) is 11.4 Å². The predicted molar refractivity (Wildman–Crippen MR) is 120 cm³/mol. The summed E-state index contributed by atoms with van der Waals surface area (Å²) in [7, 11) is 0. The summed E-state index contributed by atoms with van der Waals surface area (Å²) in [6.07, 6.45) is 1.77. The fourth-order valence-corrected chi connectivity index (χ4v) is 3.37. The van der Waals surface area contributed by atoms with Crippen LogP contribution in [0.25, 0.3) is 0 Å². The van der Waals surface area contributed by atoms with Gasteiger partial charge in [0.1, 0.15) is 5.75 Å². The largest absolute Gasteiger partial charge is 0.484 e. The Morgan fingerprint density at radius 2 is 2.00 bits per heavy atom. The van der Waals surface area contributed by atoms with Crippen molar-refractivity contribution in [1.82, 2.24) is 5.32 Å². The monoisotopic (exact) mass is 441 g/mol. The minimum atomic E-state index is -0.387. The van der Waals surface area contributed by atoms with E-state index in [0.717, 1.165) is 5.56 Å². The zero-order valence-electron chi connectivity index (χ0n) is 17.2. The first-order valence-electron chi connectivity index (χ1n) is 9.85. The van der Waals surface area contributed by atoms with Crippen molar-refractivity contribution in [3.05, 3.63) is 65.7 Å². The van der Waals surface area contributed by atoms with E-state index in [1.807, 2.05) is 13.0 Å². The second-order valence-corrected chi connectivity index (χ2v) is 7.64. The normalized spacial score (nSPS) is 15.5. The number of benzene rings is 2. The van der Waals surface area contributed by atoms with Gasteiger partial charge in [-0.2, -0.15) is 0 Å². The number of halogens is 1. The maximum absolute atomic E-state index is 12.3. The van der Waals surface area contributed by atoms with Crippen LogP contribution in [0.3, 0.4) is 0 Å². The molecule has 1 saturated heterocycles. The van der Waals surface area contributed by atoms with Gasteiger partial charge in [-0.25, -0.2) is 0 Å². The average molecular weight is 442 g/mol. The van der Waals surface area contributed by atoms with Crippen molar-refractivity contribution in [3.8, 4) is 5.75 Å². The molecule has 1 atom stereocenters. The molecule has 31 heavy (non-hydrogen) atoms. The van der Waals surface area contributed by atoms with Gasteiger partial charge < -0.3 is 20.3 Å². The maximum atomic E-state index is 12.3. The van der Waals surface area contributed by atoms with Gasteiger partial charge in [-0.05, 0) is 48.9 Å². The minimum absolute atomic E-state index is 0.108. The minimum Gasteiger partial charge on any atom is -0.484 e.